The van der Waals surface area contributed by atoms with Crippen molar-refractivity contribution in [1.82, 2.24) is 9.88 Å². The van der Waals surface area contributed by atoms with Gasteiger partial charge in [0.1, 0.15) is 17.3 Å². The molecule has 0 unspecified atom stereocenters. The number of benzene rings is 3. The van der Waals surface area contributed by atoms with E-state index in [1.807, 2.05) is 30.5 Å². The molecule has 0 bridgehead atoms. The first-order valence-electron chi connectivity index (χ1n) is 11.3. The molecule has 2 heterocycles. The molecule has 1 saturated heterocycles. The Morgan fingerprint density at radius 3 is 2.61 bits per heavy atom. The maximum Gasteiger partial charge on any atom is 0.295 e. The lowest BCUT2D eigenvalue weighted by Gasteiger charge is -2.26. The number of halogens is 2. The lowest BCUT2D eigenvalue weighted by atomic mass is 9.95. The summed E-state index contributed by atoms with van der Waals surface area (Å²) in [6.07, 6.45) is 2.40. The third-order valence-corrected chi connectivity index (χ3v) is 7.10. The number of para-hydroxylation sites is 1. The Bertz CT molecular complexity index is 1510. The zero-order valence-corrected chi connectivity index (χ0v) is 20.9. The summed E-state index contributed by atoms with van der Waals surface area (Å²) in [5.41, 5.74) is 2.81. The van der Waals surface area contributed by atoms with Crippen LogP contribution >= 0.6 is 15.9 Å². The number of methoxy groups -OCH3 is 1. The van der Waals surface area contributed by atoms with Gasteiger partial charge in [-0.25, -0.2) is 4.39 Å². The Morgan fingerprint density at radius 2 is 1.86 bits per heavy atom. The smallest absolute Gasteiger partial charge is 0.295 e. The summed E-state index contributed by atoms with van der Waals surface area (Å²) < 4.78 is 19.6. The number of likely N-dealkylation sites (tertiary alicyclic amines) is 1. The summed E-state index contributed by atoms with van der Waals surface area (Å²) in [5.74, 6) is -1.79. The molecule has 36 heavy (non-hydrogen) atoms. The van der Waals surface area contributed by atoms with Crippen molar-refractivity contribution in [3.8, 4) is 5.75 Å². The fourth-order valence-electron chi connectivity index (χ4n) is 4.65. The number of aromatic amines is 1. The molecule has 4 aromatic rings. The van der Waals surface area contributed by atoms with E-state index in [0.29, 0.717) is 22.2 Å². The van der Waals surface area contributed by atoms with Gasteiger partial charge in [-0.3, -0.25) is 9.59 Å². The minimum atomic E-state index is -0.845. The van der Waals surface area contributed by atoms with E-state index in [1.54, 1.807) is 18.2 Å². The predicted molar refractivity (Wildman–Crippen MR) is 138 cm³/mol. The molecule has 8 heteroatoms. The SMILES string of the molecule is COc1cc([C@H]2C(=C(O)c3ccc(F)cc3)C(=O)C(=O)N2CCc2c[nH]c3ccccc23)ccc1Br. The summed E-state index contributed by atoms with van der Waals surface area (Å²) in [7, 11) is 1.52. The Hall–Kier alpha value is -3.91. The summed E-state index contributed by atoms with van der Waals surface area (Å²) in [5, 5.41) is 12.2. The molecule has 3 aromatic carbocycles. The Morgan fingerprint density at radius 1 is 1.11 bits per heavy atom. The highest BCUT2D eigenvalue weighted by Crippen LogP contribution is 2.41. The number of hydrogen-bond acceptors (Lipinski definition) is 4. The Labute approximate surface area is 215 Å². The number of aromatic nitrogens is 1. The van der Waals surface area contributed by atoms with Crippen LogP contribution in [0.2, 0.25) is 0 Å². The molecular formula is C28H22BrFN2O4. The predicted octanol–water partition coefficient (Wildman–Crippen LogP) is 5.74. The van der Waals surface area contributed by atoms with E-state index < -0.39 is 23.5 Å². The molecule has 0 radical (unpaired) electrons. The number of ether oxygens (including phenoxy) is 1. The van der Waals surface area contributed by atoms with Gasteiger partial charge in [-0.1, -0.05) is 24.3 Å². The molecule has 1 aliphatic rings. The van der Waals surface area contributed by atoms with Crippen LogP contribution in [0.1, 0.15) is 22.7 Å². The van der Waals surface area contributed by atoms with Gasteiger partial charge < -0.3 is 19.7 Å². The maximum atomic E-state index is 13.5. The van der Waals surface area contributed by atoms with Gasteiger partial charge in [0.05, 0.1) is 23.2 Å². The summed E-state index contributed by atoms with van der Waals surface area (Å²) >= 11 is 3.43. The molecule has 1 amide bonds. The number of rotatable bonds is 6. The number of ketones is 1. The van der Waals surface area contributed by atoms with Crippen LogP contribution in [-0.4, -0.2) is 40.3 Å². The molecule has 2 N–H and O–H groups in total. The number of aliphatic hydroxyl groups excluding tert-OH is 1. The largest absolute Gasteiger partial charge is 0.507 e. The molecule has 1 aliphatic heterocycles. The fraction of sp³-hybridized carbons (Fsp3) is 0.143. The highest BCUT2D eigenvalue weighted by molar-refractivity contribution is 9.10. The van der Waals surface area contributed by atoms with Crippen LogP contribution in [-0.2, 0) is 16.0 Å². The van der Waals surface area contributed by atoms with Crippen molar-refractivity contribution in [1.29, 1.82) is 0 Å². The maximum absolute atomic E-state index is 13.5. The minimum Gasteiger partial charge on any atom is -0.507 e. The van der Waals surface area contributed by atoms with Gasteiger partial charge in [0, 0.05) is 29.2 Å². The second-order valence-electron chi connectivity index (χ2n) is 8.50. The number of hydrogen-bond donors (Lipinski definition) is 2. The Balaban J connectivity index is 1.59. The molecule has 182 valence electrons. The molecule has 5 rings (SSSR count). The van der Waals surface area contributed by atoms with E-state index in [0.717, 1.165) is 16.5 Å². The van der Waals surface area contributed by atoms with Crippen LogP contribution in [0.25, 0.3) is 16.7 Å². The number of aliphatic hydroxyl groups is 1. The minimum absolute atomic E-state index is 0.0464. The van der Waals surface area contributed by atoms with Gasteiger partial charge in [-0.15, -0.1) is 0 Å². The van der Waals surface area contributed by atoms with Crippen LogP contribution in [0.4, 0.5) is 4.39 Å². The summed E-state index contributed by atoms with van der Waals surface area (Å²) in [6.45, 7) is 0.246. The average molecular weight is 549 g/mol. The normalized spacial score (nSPS) is 17.2. The quantitative estimate of drug-likeness (QED) is 0.183. The molecule has 1 fully saturated rings. The number of carbonyl (C=O) groups excluding carboxylic acids is 2. The van der Waals surface area contributed by atoms with E-state index >= 15 is 0 Å². The molecule has 1 aromatic heterocycles. The van der Waals surface area contributed by atoms with Crippen molar-refractivity contribution in [3.63, 3.8) is 0 Å². The second-order valence-corrected chi connectivity index (χ2v) is 9.36. The first kappa shape index (κ1) is 23.8. The topological polar surface area (TPSA) is 82.6 Å². The number of Topliss-reactive ketones (excluding diaryl/α,β-unsaturated/α-hetero) is 1. The van der Waals surface area contributed by atoms with Crippen molar-refractivity contribution in [2.45, 2.75) is 12.5 Å². The number of carbonyl (C=O) groups is 2. The van der Waals surface area contributed by atoms with Crippen molar-refractivity contribution < 1.29 is 23.8 Å². The summed E-state index contributed by atoms with van der Waals surface area (Å²) in [6, 6.07) is 17.4. The van der Waals surface area contributed by atoms with E-state index in [1.165, 1.54) is 36.3 Å². The lowest BCUT2D eigenvalue weighted by Crippen LogP contribution is -2.31. The van der Waals surface area contributed by atoms with Gasteiger partial charge in [0.15, 0.2) is 0 Å². The lowest BCUT2D eigenvalue weighted by molar-refractivity contribution is -0.139. The number of H-pyrrole nitrogens is 1. The van der Waals surface area contributed by atoms with Gasteiger partial charge >= 0.3 is 0 Å². The monoisotopic (exact) mass is 548 g/mol. The standard InChI is InChI=1S/C28H22BrFN2O4/c1-36-23-14-17(8-11-21(23)29)25-24(26(33)16-6-9-19(30)10-7-16)27(34)28(35)32(25)13-12-18-15-31-22-5-3-2-4-20(18)22/h2-11,14-15,25,31,33H,12-13H2,1H3/t25-/m0/s1. The molecular weight excluding hydrogens is 527 g/mol. The van der Waals surface area contributed by atoms with Gasteiger partial charge in [-0.2, -0.15) is 0 Å². The molecule has 1 atom stereocenters. The highest BCUT2D eigenvalue weighted by atomic mass is 79.9. The Kier molecular flexibility index (Phi) is 6.36. The number of amides is 1. The molecule has 0 aliphatic carbocycles. The first-order valence-corrected chi connectivity index (χ1v) is 12.1. The third-order valence-electron chi connectivity index (χ3n) is 6.45. The van der Waals surface area contributed by atoms with E-state index in [-0.39, 0.29) is 23.4 Å². The molecule has 6 nitrogen and oxygen atoms in total. The van der Waals surface area contributed by atoms with Crippen LogP contribution in [0.15, 0.2) is 83.0 Å². The van der Waals surface area contributed by atoms with Crippen molar-refractivity contribution in [2.75, 3.05) is 13.7 Å². The van der Waals surface area contributed by atoms with Gasteiger partial charge in [0.25, 0.3) is 11.7 Å². The molecule has 0 spiro atoms. The van der Waals surface area contributed by atoms with Crippen molar-refractivity contribution in [2.24, 2.45) is 0 Å². The van der Waals surface area contributed by atoms with Crippen LogP contribution < -0.4 is 4.74 Å². The fourth-order valence-corrected chi connectivity index (χ4v) is 5.05. The third kappa shape index (κ3) is 4.18. The summed E-state index contributed by atoms with van der Waals surface area (Å²) in [4.78, 5) is 31.2. The number of nitrogens with zero attached hydrogens (tertiary/aromatic N) is 1. The number of nitrogens with one attached hydrogen (secondary N) is 1. The number of fused-ring (bicyclic) bond motifs is 1. The van der Waals surface area contributed by atoms with E-state index in [4.69, 9.17) is 4.74 Å². The first-order chi connectivity index (χ1) is 17.4. The second kappa shape index (κ2) is 9.62. The highest BCUT2D eigenvalue weighted by Gasteiger charge is 2.46. The zero-order valence-electron chi connectivity index (χ0n) is 19.3. The van der Waals surface area contributed by atoms with E-state index in [2.05, 4.69) is 20.9 Å². The van der Waals surface area contributed by atoms with Crippen LogP contribution in [0.5, 0.6) is 5.75 Å². The van der Waals surface area contributed by atoms with E-state index in [9.17, 15) is 19.1 Å². The zero-order chi connectivity index (χ0) is 25.4. The van der Waals surface area contributed by atoms with Crippen molar-refractivity contribution in [3.05, 3.63) is 105 Å². The van der Waals surface area contributed by atoms with Gasteiger partial charge in [-0.05, 0) is 75.9 Å². The average Bonchev–Trinajstić information content (AvgIpc) is 3.41. The van der Waals surface area contributed by atoms with Gasteiger partial charge in [0.2, 0.25) is 0 Å². The van der Waals surface area contributed by atoms with Crippen molar-refractivity contribution >= 4 is 44.3 Å². The van der Waals surface area contributed by atoms with Crippen LogP contribution in [0, 0.1) is 5.82 Å². The van der Waals surface area contributed by atoms with Crippen LogP contribution in [0.3, 0.4) is 0 Å². The molecule has 0 saturated carbocycles.